The number of sulfonamides is 1. The van der Waals surface area contributed by atoms with Crippen molar-refractivity contribution in [2.75, 3.05) is 18.9 Å². The van der Waals surface area contributed by atoms with Crippen LogP contribution in [0.15, 0.2) is 60.9 Å². The summed E-state index contributed by atoms with van der Waals surface area (Å²) in [6.07, 6.45) is 1.58. The molecule has 0 aliphatic heterocycles. The monoisotopic (exact) mass is 558 g/mol. The summed E-state index contributed by atoms with van der Waals surface area (Å²) in [5.41, 5.74) is 0.846. The van der Waals surface area contributed by atoms with Gasteiger partial charge >= 0.3 is 0 Å². The van der Waals surface area contributed by atoms with Crippen LogP contribution >= 0.6 is 11.6 Å². The highest BCUT2D eigenvalue weighted by Crippen LogP contribution is 2.37. The molecule has 0 saturated carbocycles. The highest BCUT2D eigenvalue weighted by Gasteiger charge is 2.33. The predicted octanol–water partition coefficient (Wildman–Crippen LogP) is 3.74. The zero-order valence-electron chi connectivity index (χ0n) is 21.1. The third-order valence-corrected chi connectivity index (χ3v) is 8.20. The van der Waals surface area contributed by atoms with E-state index in [0.717, 1.165) is 0 Å². The first kappa shape index (κ1) is 27.3. The van der Waals surface area contributed by atoms with E-state index in [-0.39, 0.29) is 11.8 Å². The van der Waals surface area contributed by atoms with E-state index in [1.54, 1.807) is 49.4 Å². The molecule has 200 valence electrons. The standard InChI is InChI=1S/C25H27ClN6O5S/c1-15(23-27-13-18(26)14-28-23)16(2)38(34,35)31-25-30-29-24(22(33)17-9-6-5-7-10-17)32(25)21-19(36-3)11-8-12-20(21)37-4/h5-16,22,33H,1-4H3,(H,30,31)/t15-,16-,22-/m0/s1. The van der Waals surface area contributed by atoms with Gasteiger partial charge in [0, 0.05) is 18.3 Å². The number of halogens is 1. The number of hydrogen-bond acceptors (Lipinski definition) is 9. The Morgan fingerprint density at radius 3 is 2.13 bits per heavy atom. The normalized spacial score (nSPS) is 13.9. The zero-order valence-corrected chi connectivity index (χ0v) is 22.7. The maximum absolute atomic E-state index is 13.5. The van der Waals surface area contributed by atoms with Crippen molar-refractivity contribution in [3.05, 3.63) is 83.2 Å². The molecular weight excluding hydrogens is 532 g/mol. The molecule has 2 N–H and O–H groups in total. The van der Waals surface area contributed by atoms with Crippen LogP contribution in [0.25, 0.3) is 5.69 Å². The Hall–Kier alpha value is -3.74. The first-order chi connectivity index (χ1) is 18.2. The molecule has 0 bridgehead atoms. The Labute approximate surface area is 225 Å². The van der Waals surface area contributed by atoms with Crippen LogP contribution in [0.4, 0.5) is 5.95 Å². The minimum atomic E-state index is -4.07. The number of nitrogens with zero attached hydrogens (tertiary/aromatic N) is 5. The minimum Gasteiger partial charge on any atom is -0.494 e. The van der Waals surface area contributed by atoms with Gasteiger partial charge in [0.2, 0.25) is 16.0 Å². The number of methoxy groups -OCH3 is 2. The maximum Gasteiger partial charge on any atom is 0.243 e. The third-order valence-electron chi connectivity index (χ3n) is 6.15. The number of rotatable bonds is 10. The zero-order chi connectivity index (χ0) is 27.4. The first-order valence-electron chi connectivity index (χ1n) is 11.6. The number of anilines is 1. The van der Waals surface area contributed by atoms with E-state index < -0.39 is 27.3 Å². The van der Waals surface area contributed by atoms with Crippen molar-refractivity contribution in [1.29, 1.82) is 0 Å². The van der Waals surface area contributed by atoms with Gasteiger partial charge < -0.3 is 14.6 Å². The summed E-state index contributed by atoms with van der Waals surface area (Å²) in [6, 6.07) is 13.9. The summed E-state index contributed by atoms with van der Waals surface area (Å²) in [4.78, 5) is 8.31. The number of nitrogens with one attached hydrogen (secondary N) is 1. The predicted molar refractivity (Wildman–Crippen MR) is 142 cm³/mol. The summed E-state index contributed by atoms with van der Waals surface area (Å²) >= 11 is 5.88. The average Bonchev–Trinajstić information content (AvgIpc) is 3.34. The molecule has 0 spiro atoms. The van der Waals surface area contributed by atoms with E-state index >= 15 is 0 Å². The highest BCUT2D eigenvalue weighted by atomic mass is 35.5. The highest BCUT2D eigenvalue weighted by molar-refractivity contribution is 7.93. The molecule has 0 radical (unpaired) electrons. The van der Waals surface area contributed by atoms with Gasteiger partial charge in [-0.3, -0.25) is 9.29 Å². The van der Waals surface area contributed by atoms with Crippen LogP contribution in [-0.4, -0.2) is 57.7 Å². The fourth-order valence-electron chi connectivity index (χ4n) is 3.85. The van der Waals surface area contributed by atoms with Crippen LogP contribution in [0.1, 0.15) is 43.1 Å². The Bertz CT molecular complexity index is 1480. The Kier molecular flexibility index (Phi) is 8.14. The van der Waals surface area contributed by atoms with Gasteiger partial charge in [0.1, 0.15) is 29.1 Å². The number of para-hydroxylation sites is 1. The molecule has 0 amide bonds. The van der Waals surface area contributed by atoms with Crippen LogP contribution in [0.5, 0.6) is 11.5 Å². The van der Waals surface area contributed by atoms with Crippen molar-refractivity contribution in [1.82, 2.24) is 24.7 Å². The molecule has 0 fully saturated rings. The van der Waals surface area contributed by atoms with Gasteiger partial charge in [-0.2, -0.15) is 0 Å². The van der Waals surface area contributed by atoms with Gasteiger partial charge in [0.25, 0.3) is 0 Å². The van der Waals surface area contributed by atoms with Crippen molar-refractivity contribution in [3.8, 4) is 17.2 Å². The number of ether oxygens (including phenoxy) is 2. The molecule has 2 aromatic heterocycles. The molecule has 0 saturated heterocycles. The van der Waals surface area contributed by atoms with E-state index in [0.29, 0.717) is 33.6 Å². The van der Waals surface area contributed by atoms with Crippen LogP contribution in [0.2, 0.25) is 5.02 Å². The second-order valence-corrected chi connectivity index (χ2v) is 10.9. The molecule has 2 heterocycles. The van der Waals surface area contributed by atoms with Gasteiger partial charge in [-0.05, 0) is 24.6 Å². The van der Waals surface area contributed by atoms with E-state index in [1.165, 1.54) is 38.1 Å². The molecule has 4 rings (SSSR count). The fourth-order valence-corrected chi connectivity index (χ4v) is 5.18. The molecular formula is C25H27ClN6O5S. The lowest BCUT2D eigenvalue weighted by molar-refractivity contribution is 0.207. The van der Waals surface area contributed by atoms with Crippen LogP contribution in [0, 0.1) is 0 Å². The molecule has 11 nitrogen and oxygen atoms in total. The summed E-state index contributed by atoms with van der Waals surface area (Å²) in [5.74, 6) is 0.327. The second-order valence-electron chi connectivity index (χ2n) is 8.44. The second kappa shape index (κ2) is 11.3. The maximum atomic E-state index is 13.5. The summed E-state index contributed by atoms with van der Waals surface area (Å²) in [7, 11) is -1.13. The van der Waals surface area contributed by atoms with Gasteiger partial charge in [-0.15, -0.1) is 10.2 Å². The van der Waals surface area contributed by atoms with Crippen LogP contribution in [0.3, 0.4) is 0 Å². The molecule has 3 atom stereocenters. The van der Waals surface area contributed by atoms with Gasteiger partial charge in [0.15, 0.2) is 5.82 Å². The number of hydrogen-bond donors (Lipinski definition) is 2. The molecule has 38 heavy (non-hydrogen) atoms. The van der Waals surface area contributed by atoms with E-state index in [9.17, 15) is 13.5 Å². The molecule has 4 aromatic rings. The minimum absolute atomic E-state index is 0.0541. The van der Waals surface area contributed by atoms with E-state index in [1.807, 2.05) is 6.07 Å². The van der Waals surface area contributed by atoms with Crippen molar-refractivity contribution < 1.29 is 23.0 Å². The number of aromatic nitrogens is 5. The molecule has 13 heteroatoms. The summed E-state index contributed by atoms with van der Waals surface area (Å²) in [5, 5.41) is 18.9. The van der Waals surface area contributed by atoms with Gasteiger partial charge in [-0.1, -0.05) is 54.9 Å². The van der Waals surface area contributed by atoms with Crippen molar-refractivity contribution in [3.63, 3.8) is 0 Å². The lowest BCUT2D eigenvalue weighted by Gasteiger charge is -2.22. The van der Waals surface area contributed by atoms with E-state index in [4.69, 9.17) is 21.1 Å². The Balaban J connectivity index is 1.81. The summed E-state index contributed by atoms with van der Waals surface area (Å²) < 4.78 is 42.1. The third kappa shape index (κ3) is 5.42. The van der Waals surface area contributed by atoms with Crippen molar-refractivity contribution in [2.24, 2.45) is 0 Å². The van der Waals surface area contributed by atoms with Crippen LogP contribution in [-0.2, 0) is 10.0 Å². The lowest BCUT2D eigenvalue weighted by Crippen LogP contribution is -2.31. The lowest BCUT2D eigenvalue weighted by atomic mass is 10.1. The average molecular weight is 559 g/mol. The molecule has 0 unspecified atom stereocenters. The number of aliphatic hydroxyl groups is 1. The molecule has 2 aromatic carbocycles. The molecule has 0 aliphatic rings. The number of aliphatic hydroxyl groups excluding tert-OH is 1. The Morgan fingerprint density at radius 1 is 0.947 bits per heavy atom. The SMILES string of the molecule is COc1cccc(OC)c1-n1c(NS(=O)(=O)[C@@H](C)[C@H](C)c2ncc(Cl)cn2)nnc1[C@@H](O)c1ccccc1. The Morgan fingerprint density at radius 2 is 1.55 bits per heavy atom. The van der Waals surface area contributed by atoms with Gasteiger partial charge in [0.05, 0.1) is 24.5 Å². The smallest absolute Gasteiger partial charge is 0.243 e. The van der Waals surface area contributed by atoms with Crippen molar-refractivity contribution >= 4 is 27.6 Å². The first-order valence-corrected chi connectivity index (χ1v) is 13.5. The van der Waals surface area contributed by atoms with Crippen LogP contribution < -0.4 is 14.2 Å². The number of benzene rings is 2. The quantitative estimate of drug-likeness (QED) is 0.297. The fraction of sp³-hybridized carbons (Fsp3) is 0.280. The topological polar surface area (TPSA) is 141 Å². The largest absolute Gasteiger partial charge is 0.494 e. The van der Waals surface area contributed by atoms with E-state index in [2.05, 4.69) is 24.9 Å². The molecule has 0 aliphatic carbocycles. The van der Waals surface area contributed by atoms with Crippen molar-refractivity contribution in [2.45, 2.75) is 31.1 Å². The summed E-state index contributed by atoms with van der Waals surface area (Å²) in [6.45, 7) is 3.24. The van der Waals surface area contributed by atoms with Gasteiger partial charge in [-0.25, -0.2) is 18.4 Å².